The molecular weight excluding hydrogens is 308 g/mol. The number of nitrogens with one attached hydrogen (secondary N) is 1. The standard InChI is InChI=1S/C18H18N2O4/c1-20-15-11-12(3-8-16(15)24-10-9-17(20)21)18(22)19-13-4-6-14(23-2)7-5-13/h3-8,11H,9-10H2,1-2H3,(H,19,22). The molecule has 2 aromatic carbocycles. The molecule has 0 atom stereocenters. The molecule has 2 aromatic rings. The SMILES string of the molecule is COc1ccc(NC(=O)c2ccc3c(c2)N(C)C(=O)CCO3)cc1. The van der Waals surface area contributed by atoms with Crippen LogP contribution < -0.4 is 19.7 Å². The van der Waals surface area contributed by atoms with E-state index in [2.05, 4.69) is 5.32 Å². The van der Waals surface area contributed by atoms with E-state index in [-0.39, 0.29) is 11.8 Å². The summed E-state index contributed by atoms with van der Waals surface area (Å²) < 4.78 is 10.7. The van der Waals surface area contributed by atoms with Gasteiger partial charge in [-0.1, -0.05) is 0 Å². The number of benzene rings is 2. The summed E-state index contributed by atoms with van der Waals surface area (Å²) in [6.45, 7) is 0.341. The van der Waals surface area contributed by atoms with Crippen molar-refractivity contribution in [1.29, 1.82) is 0 Å². The topological polar surface area (TPSA) is 67.9 Å². The summed E-state index contributed by atoms with van der Waals surface area (Å²) in [5.74, 6) is 1.02. The number of fused-ring (bicyclic) bond motifs is 1. The van der Waals surface area contributed by atoms with Gasteiger partial charge in [0.1, 0.15) is 11.5 Å². The van der Waals surface area contributed by atoms with E-state index in [9.17, 15) is 9.59 Å². The van der Waals surface area contributed by atoms with Gasteiger partial charge in [-0.15, -0.1) is 0 Å². The van der Waals surface area contributed by atoms with Crippen LogP contribution in [0.15, 0.2) is 42.5 Å². The van der Waals surface area contributed by atoms with E-state index in [1.165, 1.54) is 4.90 Å². The molecule has 0 spiro atoms. The maximum atomic E-state index is 12.4. The molecule has 0 aliphatic carbocycles. The molecule has 0 saturated carbocycles. The van der Waals surface area contributed by atoms with Gasteiger partial charge in [-0.2, -0.15) is 0 Å². The predicted molar refractivity (Wildman–Crippen MR) is 90.9 cm³/mol. The third-order valence-corrected chi connectivity index (χ3v) is 3.88. The summed E-state index contributed by atoms with van der Waals surface area (Å²) in [6, 6.07) is 12.1. The molecule has 3 rings (SSSR count). The minimum atomic E-state index is -0.256. The van der Waals surface area contributed by atoms with Crippen LogP contribution in [0, 0.1) is 0 Å². The molecule has 1 heterocycles. The van der Waals surface area contributed by atoms with Crippen molar-refractivity contribution >= 4 is 23.2 Å². The Morgan fingerprint density at radius 2 is 1.96 bits per heavy atom. The van der Waals surface area contributed by atoms with Gasteiger partial charge >= 0.3 is 0 Å². The highest BCUT2D eigenvalue weighted by molar-refractivity contribution is 6.06. The second-order valence-corrected chi connectivity index (χ2v) is 5.42. The number of methoxy groups -OCH3 is 1. The Kier molecular flexibility index (Phi) is 4.37. The van der Waals surface area contributed by atoms with E-state index in [1.807, 2.05) is 0 Å². The van der Waals surface area contributed by atoms with Gasteiger partial charge in [-0.25, -0.2) is 0 Å². The monoisotopic (exact) mass is 326 g/mol. The summed E-state index contributed by atoms with van der Waals surface area (Å²) in [5.41, 5.74) is 1.71. The third kappa shape index (κ3) is 3.17. The van der Waals surface area contributed by atoms with E-state index in [0.29, 0.717) is 35.7 Å². The molecule has 6 heteroatoms. The molecule has 124 valence electrons. The molecular formula is C18H18N2O4. The molecule has 0 radical (unpaired) electrons. The zero-order chi connectivity index (χ0) is 17.1. The quantitative estimate of drug-likeness (QED) is 0.941. The minimum absolute atomic E-state index is 0.0403. The lowest BCUT2D eigenvalue weighted by atomic mass is 10.1. The third-order valence-electron chi connectivity index (χ3n) is 3.88. The fourth-order valence-electron chi connectivity index (χ4n) is 2.47. The normalized spacial score (nSPS) is 13.6. The van der Waals surface area contributed by atoms with Gasteiger partial charge in [-0.3, -0.25) is 9.59 Å². The Morgan fingerprint density at radius 1 is 1.21 bits per heavy atom. The van der Waals surface area contributed by atoms with Crippen LogP contribution in [0.4, 0.5) is 11.4 Å². The molecule has 6 nitrogen and oxygen atoms in total. The van der Waals surface area contributed by atoms with Crippen LogP contribution in [0.1, 0.15) is 16.8 Å². The number of carbonyl (C=O) groups is 2. The highest BCUT2D eigenvalue weighted by Gasteiger charge is 2.21. The molecule has 0 bridgehead atoms. The average molecular weight is 326 g/mol. The Hall–Kier alpha value is -3.02. The van der Waals surface area contributed by atoms with Crippen LogP contribution in [0.5, 0.6) is 11.5 Å². The first-order valence-electron chi connectivity index (χ1n) is 7.57. The lowest BCUT2D eigenvalue weighted by molar-refractivity contribution is -0.118. The van der Waals surface area contributed by atoms with Crippen molar-refractivity contribution in [2.45, 2.75) is 6.42 Å². The van der Waals surface area contributed by atoms with E-state index in [0.717, 1.165) is 5.75 Å². The minimum Gasteiger partial charge on any atom is -0.497 e. The number of amides is 2. The molecule has 0 unspecified atom stereocenters. The fraction of sp³-hybridized carbons (Fsp3) is 0.222. The number of hydrogen-bond donors (Lipinski definition) is 1. The summed E-state index contributed by atoms with van der Waals surface area (Å²) in [6.07, 6.45) is 0.318. The smallest absolute Gasteiger partial charge is 0.255 e. The van der Waals surface area contributed by atoms with Gasteiger partial charge in [0, 0.05) is 18.3 Å². The Morgan fingerprint density at radius 3 is 2.67 bits per heavy atom. The highest BCUT2D eigenvalue weighted by atomic mass is 16.5. The number of hydrogen-bond acceptors (Lipinski definition) is 4. The van der Waals surface area contributed by atoms with Gasteiger partial charge in [0.15, 0.2) is 0 Å². The summed E-state index contributed by atoms with van der Waals surface area (Å²) in [4.78, 5) is 25.9. The van der Waals surface area contributed by atoms with E-state index >= 15 is 0 Å². The van der Waals surface area contributed by atoms with Crippen LogP contribution in [0.25, 0.3) is 0 Å². The Labute approximate surface area is 140 Å². The molecule has 1 N–H and O–H groups in total. The van der Waals surface area contributed by atoms with Crippen LogP contribution in [0.3, 0.4) is 0 Å². The predicted octanol–water partition coefficient (Wildman–Crippen LogP) is 2.69. The average Bonchev–Trinajstić information content (AvgIpc) is 2.74. The fourth-order valence-corrected chi connectivity index (χ4v) is 2.47. The van der Waals surface area contributed by atoms with Gasteiger partial charge < -0.3 is 19.7 Å². The first kappa shape index (κ1) is 15.9. The molecule has 2 amide bonds. The lowest BCUT2D eigenvalue weighted by Gasteiger charge is -2.17. The van der Waals surface area contributed by atoms with Crippen molar-refractivity contribution in [3.05, 3.63) is 48.0 Å². The molecule has 0 fully saturated rings. The van der Waals surface area contributed by atoms with Crippen molar-refractivity contribution in [2.24, 2.45) is 0 Å². The molecule has 0 saturated heterocycles. The number of rotatable bonds is 3. The van der Waals surface area contributed by atoms with E-state index in [4.69, 9.17) is 9.47 Å². The second-order valence-electron chi connectivity index (χ2n) is 5.42. The van der Waals surface area contributed by atoms with Gasteiger partial charge in [-0.05, 0) is 42.5 Å². The Balaban J connectivity index is 1.82. The van der Waals surface area contributed by atoms with Crippen LogP contribution in [0.2, 0.25) is 0 Å². The van der Waals surface area contributed by atoms with E-state index in [1.54, 1.807) is 56.6 Å². The lowest BCUT2D eigenvalue weighted by Crippen LogP contribution is -2.25. The summed E-state index contributed by atoms with van der Waals surface area (Å²) in [7, 11) is 3.27. The molecule has 24 heavy (non-hydrogen) atoms. The maximum absolute atomic E-state index is 12.4. The molecule has 1 aliphatic heterocycles. The van der Waals surface area contributed by atoms with Crippen LogP contribution >= 0.6 is 0 Å². The second kappa shape index (κ2) is 6.62. The number of nitrogens with zero attached hydrogens (tertiary/aromatic N) is 1. The van der Waals surface area contributed by atoms with E-state index < -0.39 is 0 Å². The summed E-state index contributed by atoms with van der Waals surface area (Å²) in [5, 5.41) is 2.82. The van der Waals surface area contributed by atoms with Crippen LogP contribution in [-0.2, 0) is 4.79 Å². The summed E-state index contributed by atoms with van der Waals surface area (Å²) >= 11 is 0. The van der Waals surface area contributed by atoms with Crippen molar-refractivity contribution in [3.8, 4) is 11.5 Å². The zero-order valence-electron chi connectivity index (χ0n) is 13.5. The molecule has 0 aromatic heterocycles. The van der Waals surface area contributed by atoms with Crippen molar-refractivity contribution in [2.75, 3.05) is 31.0 Å². The number of carbonyl (C=O) groups excluding carboxylic acids is 2. The van der Waals surface area contributed by atoms with Crippen molar-refractivity contribution in [1.82, 2.24) is 0 Å². The van der Waals surface area contributed by atoms with Crippen molar-refractivity contribution < 1.29 is 19.1 Å². The first-order valence-corrected chi connectivity index (χ1v) is 7.57. The maximum Gasteiger partial charge on any atom is 0.255 e. The van der Waals surface area contributed by atoms with Gasteiger partial charge in [0.2, 0.25) is 5.91 Å². The number of anilines is 2. The molecule has 1 aliphatic rings. The van der Waals surface area contributed by atoms with Crippen molar-refractivity contribution in [3.63, 3.8) is 0 Å². The van der Waals surface area contributed by atoms with Gasteiger partial charge in [0.05, 0.1) is 25.8 Å². The largest absolute Gasteiger partial charge is 0.497 e. The number of ether oxygens (including phenoxy) is 2. The van der Waals surface area contributed by atoms with Crippen LogP contribution in [-0.4, -0.2) is 32.6 Å². The Bertz CT molecular complexity index is 771. The first-order chi connectivity index (χ1) is 11.6. The van der Waals surface area contributed by atoms with Gasteiger partial charge in [0.25, 0.3) is 5.91 Å². The zero-order valence-corrected chi connectivity index (χ0v) is 13.5. The highest BCUT2D eigenvalue weighted by Crippen LogP contribution is 2.31.